The summed E-state index contributed by atoms with van der Waals surface area (Å²) in [4.78, 5) is 33.6. The van der Waals surface area contributed by atoms with Crippen molar-refractivity contribution in [1.29, 1.82) is 0 Å². The number of carbonyl (C=O) groups is 3. The van der Waals surface area contributed by atoms with Gasteiger partial charge in [0.25, 0.3) is 10.1 Å². The second-order valence-electron chi connectivity index (χ2n) is 12.2. The number of carboxylic acid groups (broad SMARTS) is 1. The Hall–Kier alpha value is -1.72. The molecule has 0 aromatic heterocycles. The number of likely N-dealkylation sites (N-methyl/N-ethyl adjacent to an activating group) is 1. The van der Waals surface area contributed by atoms with Crippen LogP contribution in [0.25, 0.3) is 0 Å². The van der Waals surface area contributed by atoms with Crippen molar-refractivity contribution in [3.05, 3.63) is 0 Å². The van der Waals surface area contributed by atoms with Gasteiger partial charge in [0.1, 0.15) is 6.54 Å². The number of carbonyl (C=O) groups excluding carboxylic acids is 3. The van der Waals surface area contributed by atoms with Crippen LogP contribution in [0.15, 0.2) is 0 Å². The number of hydrogen-bond acceptors (Lipinski definition) is 7. The van der Waals surface area contributed by atoms with Crippen LogP contribution < -0.4 is 10.4 Å². The van der Waals surface area contributed by atoms with Crippen LogP contribution in [0.5, 0.6) is 0 Å². The summed E-state index contributed by atoms with van der Waals surface area (Å²) in [5.74, 6) is -2.06. The average molecular weight is 623 g/mol. The van der Waals surface area contributed by atoms with Gasteiger partial charge in [-0.3, -0.25) is 14.1 Å². The highest BCUT2D eigenvalue weighted by atomic mass is 32.2. The predicted octanol–water partition coefficient (Wildman–Crippen LogP) is 4.80. The van der Waals surface area contributed by atoms with Crippen molar-refractivity contribution in [2.45, 2.75) is 142 Å². The van der Waals surface area contributed by atoms with Crippen LogP contribution >= 0.6 is 0 Å². The second-order valence-corrected chi connectivity index (χ2v) is 13.8. The minimum absolute atomic E-state index is 0.0177. The Morgan fingerprint density at radius 3 is 1.62 bits per heavy atom. The van der Waals surface area contributed by atoms with E-state index in [9.17, 15) is 27.9 Å². The van der Waals surface area contributed by atoms with Gasteiger partial charge in [0, 0.05) is 31.8 Å². The van der Waals surface area contributed by atoms with Gasteiger partial charge < -0.3 is 24.4 Å². The van der Waals surface area contributed by atoms with E-state index in [1.54, 1.807) is 0 Å². The summed E-state index contributed by atoms with van der Waals surface area (Å²) in [6.07, 6.45) is 19.2. The highest BCUT2D eigenvalue weighted by molar-refractivity contribution is 7.85. The number of nitrogens with one attached hydrogen (secondary N) is 1. The first-order valence-corrected chi connectivity index (χ1v) is 17.7. The molecule has 10 nitrogen and oxygen atoms in total. The van der Waals surface area contributed by atoms with Gasteiger partial charge in [-0.25, -0.2) is 0 Å². The molecular weight excluding hydrogens is 560 g/mol. The molecular formula is C31H62N2O8S. The lowest BCUT2D eigenvalue weighted by Crippen LogP contribution is -2.45. The minimum atomic E-state index is -3.98. The zero-order chi connectivity index (χ0) is 32.3. The van der Waals surface area contributed by atoms with Crippen LogP contribution in [0.3, 0.4) is 0 Å². The van der Waals surface area contributed by atoms with Gasteiger partial charge in [-0.1, -0.05) is 104 Å². The van der Waals surface area contributed by atoms with Gasteiger partial charge in [0.2, 0.25) is 5.91 Å². The van der Waals surface area contributed by atoms with Crippen molar-refractivity contribution in [3.63, 3.8) is 0 Å². The normalized spacial score (nSPS) is 12.2. The smallest absolute Gasteiger partial charge is 0.306 e. The van der Waals surface area contributed by atoms with E-state index in [1.165, 1.54) is 64.2 Å². The lowest BCUT2D eigenvalue weighted by molar-refractivity contribution is -0.873. The second kappa shape index (κ2) is 26.9. The first-order valence-electron chi connectivity index (χ1n) is 16.1. The molecule has 0 radical (unpaired) electrons. The summed E-state index contributed by atoms with van der Waals surface area (Å²) in [6, 6.07) is 0. The van der Waals surface area contributed by atoms with Crippen LogP contribution in [0.4, 0.5) is 0 Å². The van der Waals surface area contributed by atoms with Crippen molar-refractivity contribution < 1.29 is 41.7 Å². The largest absolute Gasteiger partial charge is 0.550 e. The lowest BCUT2D eigenvalue weighted by Gasteiger charge is -2.29. The predicted molar refractivity (Wildman–Crippen MR) is 166 cm³/mol. The van der Waals surface area contributed by atoms with Gasteiger partial charge in [0.15, 0.2) is 6.10 Å². The third-order valence-electron chi connectivity index (χ3n) is 6.62. The first-order chi connectivity index (χ1) is 19.7. The molecule has 2 N–H and O–H groups in total. The molecule has 0 aromatic carbocycles. The number of carboxylic acids is 1. The number of rotatable bonds is 26. The van der Waals surface area contributed by atoms with E-state index in [1.807, 2.05) is 21.1 Å². The highest BCUT2D eigenvalue weighted by Crippen LogP contribution is 2.13. The Labute approximate surface area is 256 Å². The Balaban J connectivity index is 0. The van der Waals surface area contributed by atoms with E-state index in [0.29, 0.717) is 23.9 Å². The molecule has 0 aromatic rings. The molecule has 0 fully saturated rings. The summed E-state index contributed by atoms with van der Waals surface area (Å²) in [7, 11) is 1.79. The molecule has 42 heavy (non-hydrogen) atoms. The molecule has 11 heteroatoms. The van der Waals surface area contributed by atoms with E-state index < -0.39 is 27.9 Å². The topological polar surface area (TPSA) is 150 Å². The van der Waals surface area contributed by atoms with Crippen molar-refractivity contribution in [2.75, 3.05) is 40.0 Å². The summed E-state index contributed by atoms with van der Waals surface area (Å²) in [6.45, 7) is 4.75. The van der Waals surface area contributed by atoms with Gasteiger partial charge in [-0.05, 0) is 12.8 Å². The quantitative estimate of drug-likeness (QED) is 0.0605. The number of ether oxygens (including phenoxy) is 1. The van der Waals surface area contributed by atoms with Crippen molar-refractivity contribution in [1.82, 2.24) is 5.32 Å². The molecule has 0 bridgehead atoms. The fraction of sp³-hybridized carbons (Fsp3) is 0.903. The Morgan fingerprint density at radius 1 is 0.762 bits per heavy atom. The molecule has 250 valence electrons. The van der Waals surface area contributed by atoms with E-state index in [4.69, 9.17) is 9.29 Å². The number of nitrogens with zero attached hydrogens (tertiary/aromatic N) is 1. The zero-order valence-corrected chi connectivity index (χ0v) is 28.1. The number of quaternary nitrogens is 1. The molecule has 1 amide bonds. The highest BCUT2D eigenvalue weighted by Gasteiger charge is 2.22. The number of unbranched alkanes of at least 4 members (excludes halogenated alkanes) is 14. The van der Waals surface area contributed by atoms with Crippen molar-refractivity contribution in [2.24, 2.45) is 0 Å². The SMILES string of the molecule is CCCCCC(=O)OC(CC(=O)[O-])C[N+](C)(C)C.CCCCCCCCCCCCCCCC(=O)NCCS(=O)(=O)O. The van der Waals surface area contributed by atoms with Crippen LogP contribution in [0.2, 0.25) is 0 Å². The van der Waals surface area contributed by atoms with E-state index in [-0.39, 0.29) is 24.8 Å². The molecule has 0 spiro atoms. The molecule has 0 heterocycles. The zero-order valence-electron chi connectivity index (χ0n) is 27.3. The summed E-state index contributed by atoms with van der Waals surface area (Å²) in [5.41, 5.74) is 0. The fourth-order valence-corrected chi connectivity index (χ4v) is 4.78. The van der Waals surface area contributed by atoms with E-state index in [2.05, 4.69) is 19.2 Å². The fourth-order valence-electron chi connectivity index (χ4n) is 4.42. The summed E-state index contributed by atoms with van der Waals surface area (Å²) in [5, 5.41) is 13.1. The van der Waals surface area contributed by atoms with Crippen molar-refractivity contribution in [3.8, 4) is 0 Å². The molecule has 1 unspecified atom stereocenters. The monoisotopic (exact) mass is 622 g/mol. The average Bonchev–Trinajstić information content (AvgIpc) is 2.85. The third kappa shape index (κ3) is 36.3. The molecule has 0 aliphatic carbocycles. The van der Waals surface area contributed by atoms with Crippen LogP contribution in [-0.2, 0) is 29.2 Å². The molecule has 0 saturated heterocycles. The Bertz CT molecular complexity index is 797. The van der Waals surface area contributed by atoms with Crippen LogP contribution in [-0.4, -0.2) is 81.4 Å². The van der Waals surface area contributed by atoms with Gasteiger partial charge in [-0.15, -0.1) is 0 Å². The maximum Gasteiger partial charge on any atom is 0.306 e. The molecule has 0 aliphatic rings. The number of esters is 1. The minimum Gasteiger partial charge on any atom is -0.550 e. The number of hydrogen-bond donors (Lipinski definition) is 2. The Morgan fingerprint density at radius 2 is 1.19 bits per heavy atom. The third-order valence-corrected chi connectivity index (χ3v) is 7.34. The summed E-state index contributed by atoms with van der Waals surface area (Å²) < 4.78 is 35.3. The maximum atomic E-state index is 11.6. The van der Waals surface area contributed by atoms with Gasteiger partial charge >= 0.3 is 5.97 Å². The molecule has 0 aliphatic heterocycles. The standard InChI is InChI=1S/C18H37NO4S.C13H25NO4/c1-2-3-4-5-6-7-8-9-10-11-12-13-14-15-18(20)19-16-17-24(21,22)23;1-5-6-7-8-13(17)18-11(9-12(15)16)10-14(2,3)4/h2-17H2,1H3,(H,19,20)(H,21,22,23);11H,5-10H2,1-4H3. The van der Waals surface area contributed by atoms with E-state index in [0.717, 1.165) is 38.5 Å². The molecule has 1 atom stereocenters. The molecule has 0 saturated carbocycles. The van der Waals surface area contributed by atoms with Crippen LogP contribution in [0.1, 0.15) is 136 Å². The first kappa shape index (κ1) is 42.4. The maximum absolute atomic E-state index is 11.6. The van der Waals surface area contributed by atoms with E-state index >= 15 is 0 Å². The number of amides is 1. The van der Waals surface area contributed by atoms with Crippen molar-refractivity contribution >= 4 is 28.0 Å². The number of aliphatic carboxylic acids is 1. The van der Waals surface area contributed by atoms with Gasteiger partial charge in [-0.2, -0.15) is 8.42 Å². The lowest BCUT2D eigenvalue weighted by atomic mass is 10.0. The molecule has 0 rings (SSSR count). The van der Waals surface area contributed by atoms with Crippen LogP contribution in [0, 0.1) is 0 Å². The Kier molecular flexibility index (Phi) is 27.1. The summed E-state index contributed by atoms with van der Waals surface area (Å²) >= 11 is 0. The van der Waals surface area contributed by atoms with Gasteiger partial charge in [0.05, 0.1) is 26.9 Å².